The summed E-state index contributed by atoms with van der Waals surface area (Å²) < 4.78 is 7.73. The molecule has 2 heterocycles. The van der Waals surface area contributed by atoms with Gasteiger partial charge < -0.3 is 15.0 Å². The minimum atomic E-state index is -0.0679. The molecule has 1 aliphatic heterocycles. The van der Waals surface area contributed by atoms with E-state index in [0.717, 1.165) is 66.7 Å². The third-order valence-corrected chi connectivity index (χ3v) is 9.71. The van der Waals surface area contributed by atoms with Crippen LogP contribution in [0.5, 0.6) is 0 Å². The molecule has 9 heteroatoms. The van der Waals surface area contributed by atoms with E-state index in [0.29, 0.717) is 43.0 Å². The molecule has 0 spiro atoms. The van der Waals surface area contributed by atoms with Crippen molar-refractivity contribution in [3.8, 4) is 5.69 Å². The fourth-order valence-electron chi connectivity index (χ4n) is 5.56. The van der Waals surface area contributed by atoms with Gasteiger partial charge in [-0.05, 0) is 69.7 Å². The van der Waals surface area contributed by atoms with E-state index in [2.05, 4.69) is 17.9 Å². The lowest BCUT2D eigenvalue weighted by Gasteiger charge is -2.30. The Bertz CT molecular complexity index is 1180. The van der Waals surface area contributed by atoms with Crippen LogP contribution in [0.4, 0.5) is 0 Å². The molecule has 1 N–H and O–H groups in total. The summed E-state index contributed by atoms with van der Waals surface area (Å²) in [5, 5.41) is 4.57. The van der Waals surface area contributed by atoms with Gasteiger partial charge in [0.1, 0.15) is 0 Å². The first-order chi connectivity index (χ1) is 19.1. The van der Waals surface area contributed by atoms with E-state index in [1.807, 2.05) is 24.3 Å². The van der Waals surface area contributed by atoms with Crippen molar-refractivity contribution < 1.29 is 9.53 Å². The van der Waals surface area contributed by atoms with Crippen LogP contribution < -0.4 is 10.9 Å². The number of hydrogen-bond acceptors (Lipinski definition) is 7. The predicted octanol–water partition coefficient (Wildman–Crippen LogP) is 5.16. The summed E-state index contributed by atoms with van der Waals surface area (Å²) in [6.45, 7) is 2.88. The molecule has 2 saturated carbocycles. The van der Waals surface area contributed by atoms with E-state index < -0.39 is 0 Å². The van der Waals surface area contributed by atoms with E-state index in [1.54, 1.807) is 21.2 Å². The van der Waals surface area contributed by atoms with Crippen LogP contribution in [0.3, 0.4) is 0 Å². The van der Waals surface area contributed by atoms with Crippen molar-refractivity contribution in [2.75, 3.05) is 26.2 Å². The molecule has 3 aliphatic rings. The van der Waals surface area contributed by atoms with Gasteiger partial charge in [0.05, 0.1) is 36.1 Å². The SMILES string of the molecule is O=C(CNCCCCCOC1CCCCC1)N1CCc2nc(SC3CCC3)n(-c3cccc(S)c3)c(=O)c2C1. The number of amides is 1. The maximum atomic E-state index is 13.8. The Hall–Kier alpha value is -1.81. The topological polar surface area (TPSA) is 76.5 Å². The van der Waals surface area contributed by atoms with Gasteiger partial charge in [0, 0.05) is 29.7 Å². The van der Waals surface area contributed by atoms with Gasteiger partial charge >= 0.3 is 0 Å². The first kappa shape index (κ1) is 28.7. The average molecular weight is 571 g/mol. The summed E-state index contributed by atoms with van der Waals surface area (Å²) in [5.41, 5.74) is 2.18. The minimum Gasteiger partial charge on any atom is -0.378 e. The standard InChI is InChI=1S/C30H42N4O3S2/c35-28(20-31-16-5-2-6-18-37-23-10-3-1-4-11-23)33-17-15-27-26(21-33)29(36)34(22-9-7-12-24(38)19-22)30(32-27)39-25-13-8-14-25/h7,9,12,19,23,25,31,38H,1-6,8,10-11,13-18,20-21H2. The third-order valence-electron chi connectivity index (χ3n) is 8.14. The molecule has 2 aliphatic carbocycles. The quantitative estimate of drug-likeness (QED) is 0.209. The first-order valence-electron chi connectivity index (χ1n) is 14.8. The van der Waals surface area contributed by atoms with E-state index in [1.165, 1.54) is 38.5 Å². The number of thioether (sulfide) groups is 1. The average Bonchev–Trinajstić information content (AvgIpc) is 2.92. The minimum absolute atomic E-state index is 0.0394. The Labute approximate surface area is 241 Å². The van der Waals surface area contributed by atoms with Gasteiger partial charge in [0.15, 0.2) is 5.16 Å². The molecule has 1 aromatic carbocycles. The molecule has 2 fully saturated rings. The number of hydrogen-bond donors (Lipinski definition) is 2. The van der Waals surface area contributed by atoms with Gasteiger partial charge in [0.2, 0.25) is 5.91 Å². The van der Waals surface area contributed by atoms with Crippen molar-refractivity contribution in [2.45, 2.75) is 105 Å². The number of thiol groups is 1. The number of nitrogens with zero attached hydrogens (tertiary/aromatic N) is 3. The van der Waals surface area contributed by atoms with Crippen LogP contribution in [0.25, 0.3) is 5.69 Å². The fraction of sp³-hybridized carbons (Fsp3) is 0.633. The van der Waals surface area contributed by atoms with E-state index in [-0.39, 0.29) is 11.5 Å². The van der Waals surface area contributed by atoms with Crippen LogP contribution in [-0.4, -0.2) is 58.0 Å². The second-order valence-electron chi connectivity index (χ2n) is 11.1. The molecule has 2 aromatic rings. The van der Waals surface area contributed by atoms with E-state index >= 15 is 0 Å². The van der Waals surface area contributed by atoms with Gasteiger partial charge in [-0.2, -0.15) is 0 Å². The van der Waals surface area contributed by atoms with E-state index in [4.69, 9.17) is 9.72 Å². The van der Waals surface area contributed by atoms with Crippen LogP contribution >= 0.6 is 24.4 Å². The van der Waals surface area contributed by atoms with Crippen LogP contribution in [0.2, 0.25) is 0 Å². The van der Waals surface area contributed by atoms with Gasteiger partial charge in [-0.25, -0.2) is 4.98 Å². The maximum Gasteiger partial charge on any atom is 0.264 e. The van der Waals surface area contributed by atoms with Crippen molar-refractivity contribution in [1.29, 1.82) is 0 Å². The fourth-order valence-corrected chi connectivity index (χ4v) is 7.10. The molecule has 0 bridgehead atoms. The lowest BCUT2D eigenvalue weighted by Crippen LogP contribution is -2.44. The number of nitrogens with one attached hydrogen (secondary N) is 1. The summed E-state index contributed by atoms with van der Waals surface area (Å²) >= 11 is 6.20. The zero-order valence-corrected chi connectivity index (χ0v) is 24.6. The summed E-state index contributed by atoms with van der Waals surface area (Å²) in [5.74, 6) is 0.0394. The van der Waals surface area contributed by atoms with Gasteiger partial charge in [-0.3, -0.25) is 14.2 Å². The van der Waals surface area contributed by atoms with Crippen molar-refractivity contribution in [2.24, 2.45) is 0 Å². The van der Waals surface area contributed by atoms with Gasteiger partial charge in [-0.15, -0.1) is 12.6 Å². The second kappa shape index (κ2) is 14.2. The van der Waals surface area contributed by atoms with Crippen LogP contribution in [0.1, 0.15) is 81.9 Å². The molecule has 0 atom stereocenters. The lowest BCUT2D eigenvalue weighted by atomic mass is 9.98. The highest BCUT2D eigenvalue weighted by Gasteiger charge is 2.28. The highest BCUT2D eigenvalue weighted by atomic mass is 32.2. The Morgan fingerprint density at radius 1 is 1.10 bits per heavy atom. The molecule has 0 saturated heterocycles. The summed E-state index contributed by atoms with van der Waals surface area (Å²) in [4.78, 5) is 34.4. The number of unbranched alkanes of at least 4 members (excludes halogenated alkanes) is 2. The number of benzene rings is 1. The molecule has 1 amide bonds. The number of ether oxygens (including phenoxy) is 1. The Morgan fingerprint density at radius 2 is 1.95 bits per heavy atom. The zero-order valence-electron chi connectivity index (χ0n) is 22.9. The Kier molecular flexibility index (Phi) is 10.4. The predicted molar refractivity (Wildman–Crippen MR) is 159 cm³/mol. The maximum absolute atomic E-state index is 13.8. The first-order valence-corrected chi connectivity index (χ1v) is 16.1. The molecule has 0 radical (unpaired) electrons. The van der Waals surface area contributed by atoms with Gasteiger partial charge in [0.25, 0.3) is 5.56 Å². The number of aromatic nitrogens is 2. The molecule has 0 unspecified atom stereocenters. The van der Waals surface area contributed by atoms with Crippen LogP contribution in [0, 0.1) is 0 Å². The van der Waals surface area contributed by atoms with Crippen molar-refractivity contribution >= 4 is 30.3 Å². The molecule has 212 valence electrons. The monoisotopic (exact) mass is 570 g/mol. The normalized spacial score (nSPS) is 18.1. The number of fused-ring (bicyclic) bond motifs is 1. The zero-order chi connectivity index (χ0) is 27.0. The molecule has 39 heavy (non-hydrogen) atoms. The molecular weight excluding hydrogens is 528 g/mol. The van der Waals surface area contributed by atoms with Crippen molar-refractivity contribution in [3.63, 3.8) is 0 Å². The highest BCUT2D eigenvalue weighted by molar-refractivity contribution is 7.99. The molecule has 1 aromatic heterocycles. The summed E-state index contributed by atoms with van der Waals surface area (Å²) in [6.07, 6.45) is 14.3. The largest absolute Gasteiger partial charge is 0.378 e. The van der Waals surface area contributed by atoms with Crippen LogP contribution in [-0.2, 0) is 22.5 Å². The number of carbonyl (C=O) groups is 1. The third kappa shape index (κ3) is 7.69. The van der Waals surface area contributed by atoms with Crippen molar-refractivity contribution in [3.05, 3.63) is 45.9 Å². The Balaban J connectivity index is 1.13. The summed E-state index contributed by atoms with van der Waals surface area (Å²) in [6, 6.07) is 7.65. The molecular formula is C30H42N4O3S2. The Morgan fingerprint density at radius 3 is 2.72 bits per heavy atom. The van der Waals surface area contributed by atoms with Crippen molar-refractivity contribution in [1.82, 2.24) is 19.8 Å². The summed E-state index contributed by atoms with van der Waals surface area (Å²) in [7, 11) is 0. The van der Waals surface area contributed by atoms with Crippen LogP contribution in [0.15, 0.2) is 39.1 Å². The highest BCUT2D eigenvalue weighted by Crippen LogP contribution is 2.36. The molecule has 5 rings (SSSR count). The lowest BCUT2D eigenvalue weighted by molar-refractivity contribution is -0.131. The van der Waals surface area contributed by atoms with E-state index in [9.17, 15) is 9.59 Å². The van der Waals surface area contributed by atoms with Gasteiger partial charge in [-0.1, -0.05) is 43.5 Å². The molecule has 7 nitrogen and oxygen atoms in total. The second-order valence-corrected chi connectivity index (χ2v) is 12.9. The number of carbonyl (C=O) groups excluding carboxylic acids is 1. The smallest absolute Gasteiger partial charge is 0.264 e. The number of rotatable bonds is 12.